The summed E-state index contributed by atoms with van der Waals surface area (Å²) in [6.45, 7) is 3.62. The van der Waals surface area contributed by atoms with Gasteiger partial charge < -0.3 is 9.32 Å². The zero-order valence-corrected chi connectivity index (χ0v) is 10.6. The fourth-order valence-corrected chi connectivity index (χ4v) is 1.97. The van der Waals surface area contributed by atoms with Gasteiger partial charge >= 0.3 is 7.82 Å². The summed E-state index contributed by atoms with van der Waals surface area (Å²) >= 11 is 0. The fourth-order valence-electron chi connectivity index (χ4n) is 1.55. The number of hydrogen-bond donors (Lipinski definition) is 2. The molecule has 0 aliphatic rings. The highest BCUT2D eigenvalue weighted by molar-refractivity contribution is 7.46. The molecule has 2 N–H and O–H groups in total. The molecule has 0 fully saturated rings. The van der Waals surface area contributed by atoms with E-state index in [-0.39, 0.29) is 12.2 Å². The maximum atomic E-state index is 10.8. The number of para-hydroxylation sites is 1. The fraction of sp³-hybridized carbons (Fsp3) is 0.364. The number of hydrogen-bond acceptors (Lipinski definition) is 3. The summed E-state index contributed by atoms with van der Waals surface area (Å²) in [6, 6.07) is 6.51. The Kier molecular flexibility index (Phi) is 4.09. The molecule has 0 bridgehead atoms. The number of benzene rings is 1. The average Bonchev–Trinajstić information content (AvgIpc) is 2.15. The highest BCUT2D eigenvalue weighted by Crippen LogP contribution is 2.42. The van der Waals surface area contributed by atoms with E-state index >= 15 is 0 Å². The number of rotatable bonds is 5. The van der Waals surface area contributed by atoms with E-state index in [9.17, 15) is 9.36 Å². The molecule has 0 spiro atoms. The molecule has 0 unspecified atom stereocenters. The molecule has 0 heterocycles. The molecule has 0 aliphatic carbocycles. The number of phosphoric acid groups is 1. The molecule has 0 saturated heterocycles. The third-order valence-electron chi connectivity index (χ3n) is 2.43. The number of phosphoric ester groups is 1. The van der Waals surface area contributed by atoms with Crippen LogP contribution < -0.4 is 4.52 Å². The highest BCUT2D eigenvalue weighted by atomic mass is 31.2. The lowest BCUT2D eigenvalue weighted by molar-refractivity contribution is -0.108. The van der Waals surface area contributed by atoms with Crippen molar-refractivity contribution in [2.45, 2.75) is 25.7 Å². The first-order valence-electron chi connectivity index (χ1n) is 5.04. The topological polar surface area (TPSA) is 83.8 Å². The van der Waals surface area contributed by atoms with Crippen LogP contribution in [0.5, 0.6) is 5.75 Å². The number of carbonyl (C=O) groups is 1. The maximum absolute atomic E-state index is 10.8. The second-order valence-electron chi connectivity index (χ2n) is 4.33. The van der Waals surface area contributed by atoms with E-state index in [0.717, 1.165) is 6.29 Å². The predicted molar refractivity (Wildman–Crippen MR) is 62.8 cm³/mol. The van der Waals surface area contributed by atoms with Gasteiger partial charge in [-0.25, -0.2) is 4.57 Å². The zero-order valence-electron chi connectivity index (χ0n) is 9.66. The second-order valence-corrected chi connectivity index (χ2v) is 5.50. The van der Waals surface area contributed by atoms with Crippen LogP contribution in [-0.2, 0) is 14.8 Å². The van der Waals surface area contributed by atoms with E-state index in [2.05, 4.69) is 4.52 Å². The van der Waals surface area contributed by atoms with Gasteiger partial charge in [-0.15, -0.1) is 0 Å². The van der Waals surface area contributed by atoms with Crippen molar-refractivity contribution in [1.29, 1.82) is 0 Å². The van der Waals surface area contributed by atoms with Crippen molar-refractivity contribution in [2.75, 3.05) is 0 Å². The van der Waals surface area contributed by atoms with Crippen molar-refractivity contribution in [3.8, 4) is 5.75 Å². The third kappa shape index (κ3) is 3.97. The molecule has 0 saturated carbocycles. The van der Waals surface area contributed by atoms with Crippen molar-refractivity contribution in [1.82, 2.24) is 0 Å². The largest absolute Gasteiger partial charge is 0.524 e. The van der Waals surface area contributed by atoms with Gasteiger partial charge in [-0.05, 0) is 11.5 Å². The van der Waals surface area contributed by atoms with E-state index in [0.29, 0.717) is 5.56 Å². The average molecular weight is 258 g/mol. The van der Waals surface area contributed by atoms with Gasteiger partial charge in [-0.1, -0.05) is 32.0 Å². The third-order valence-corrected chi connectivity index (χ3v) is 2.86. The molecule has 94 valence electrons. The van der Waals surface area contributed by atoms with Gasteiger partial charge in [-0.3, -0.25) is 9.79 Å². The first kappa shape index (κ1) is 13.9. The zero-order chi connectivity index (χ0) is 13.1. The Bertz CT molecular complexity index is 449. The molecule has 0 aromatic heterocycles. The molecule has 1 aromatic carbocycles. The van der Waals surface area contributed by atoms with Gasteiger partial charge in [0.1, 0.15) is 12.0 Å². The Balaban J connectivity index is 3.16. The summed E-state index contributed by atoms with van der Waals surface area (Å²) < 4.78 is 15.5. The van der Waals surface area contributed by atoms with Crippen molar-refractivity contribution < 1.29 is 23.7 Å². The molecule has 17 heavy (non-hydrogen) atoms. The molecule has 6 heteroatoms. The molecule has 5 nitrogen and oxygen atoms in total. The summed E-state index contributed by atoms with van der Waals surface area (Å²) in [5.41, 5.74) is 0.0588. The molecular weight excluding hydrogens is 243 g/mol. The normalized spacial score (nSPS) is 12.2. The van der Waals surface area contributed by atoms with E-state index in [1.807, 2.05) is 13.8 Å². The SMILES string of the molecule is CC(C)(CC=O)c1ccccc1OP(=O)(O)O. The Hall–Kier alpha value is -1.16. The van der Waals surface area contributed by atoms with Crippen molar-refractivity contribution >= 4 is 14.1 Å². The quantitative estimate of drug-likeness (QED) is 0.623. The monoisotopic (exact) mass is 258 g/mol. The summed E-state index contributed by atoms with van der Waals surface area (Å²) in [5.74, 6) is 0.104. The van der Waals surface area contributed by atoms with Crippen LogP contribution in [0, 0.1) is 0 Å². The van der Waals surface area contributed by atoms with Crippen molar-refractivity contribution in [3.63, 3.8) is 0 Å². The lowest BCUT2D eigenvalue weighted by atomic mass is 9.81. The second kappa shape index (κ2) is 5.00. The van der Waals surface area contributed by atoms with Gasteiger partial charge in [0, 0.05) is 12.0 Å². The van der Waals surface area contributed by atoms with Gasteiger partial charge in [0.15, 0.2) is 0 Å². The molecule has 1 rings (SSSR count). The summed E-state index contributed by atoms with van der Waals surface area (Å²) in [6.07, 6.45) is 1.02. The van der Waals surface area contributed by atoms with Gasteiger partial charge in [0.2, 0.25) is 0 Å². The van der Waals surface area contributed by atoms with Crippen LogP contribution in [0.15, 0.2) is 24.3 Å². The molecule has 0 atom stereocenters. The Morgan fingerprint density at radius 2 is 1.94 bits per heavy atom. The molecule has 1 aromatic rings. The summed E-state index contributed by atoms with van der Waals surface area (Å²) in [7, 11) is -4.59. The van der Waals surface area contributed by atoms with Crippen LogP contribution in [0.3, 0.4) is 0 Å². The first-order chi connectivity index (χ1) is 7.76. The maximum Gasteiger partial charge on any atom is 0.524 e. The standard InChI is InChI=1S/C11H15O5P/c1-11(2,7-8-12)9-5-3-4-6-10(9)16-17(13,14)15/h3-6,8H,7H2,1-2H3,(H2,13,14,15). The number of carbonyl (C=O) groups excluding carboxylic acids is 1. The van der Waals surface area contributed by atoms with Gasteiger partial charge in [-0.2, -0.15) is 0 Å². The molecular formula is C11H15O5P. The number of aldehydes is 1. The van der Waals surface area contributed by atoms with Crippen LogP contribution in [0.25, 0.3) is 0 Å². The van der Waals surface area contributed by atoms with Crippen LogP contribution in [-0.4, -0.2) is 16.1 Å². The minimum Gasteiger partial charge on any atom is -0.404 e. The molecule has 0 aliphatic heterocycles. The smallest absolute Gasteiger partial charge is 0.404 e. The Labute approximate surface area is 99.7 Å². The highest BCUT2D eigenvalue weighted by Gasteiger charge is 2.27. The lowest BCUT2D eigenvalue weighted by Crippen LogP contribution is -2.18. The van der Waals surface area contributed by atoms with Crippen LogP contribution >= 0.6 is 7.82 Å². The summed E-state index contributed by atoms with van der Waals surface area (Å²) in [4.78, 5) is 28.2. The Morgan fingerprint density at radius 1 is 1.35 bits per heavy atom. The van der Waals surface area contributed by atoms with E-state index in [1.165, 1.54) is 6.07 Å². The van der Waals surface area contributed by atoms with Gasteiger partial charge in [0.25, 0.3) is 0 Å². The minimum atomic E-state index is -4.59. The van der Waals surface area contributed by atoms with E-state index in [4.69, 9.17) is 9.79 Å². The molecule has 0 amide bonds. The lowest BCUT2D eigenvalue weighted by Gasteiger charge is -2.25. The van der Waals surface area contributed by atoms with E-state index < -0.39 is 13.2 Å². The molecule has 0 radical (unpaired) electrons. The van der Waals surface area contributed by atoms with E-state index in [1.54, 1.807) is 18.2 Å². The van der Waals surface area contributed by atoms with Crippen molar-refractivity contribution in [2.24, 2.45) is 0 Å². The minimum absolute atomic E-state index is 0.104. The Morgan fingerprint density at radius 3 is 2.47 bits per heavy atom. The first-order valence-corrected chi connectivity index (χ1v) is 6.57. The van der Waals surface area contributed by atoms with Crippen molar-refractivity contribution in [3.05, 3.63) is 29.8 Å². The van der Waals surface area contributed by atoms with Crippen LogP contribution in [0.2, 0.25) is 0 Å². The van der Waals surface area contributed by atoms with Gasteiger partial charge in [0.05, 0.1) is 0 Å². The van der Waals surface area contributed by atoms with Crippen LogP contribution in [0.4, 0.5) is 0 Å². The van der Waals surface area contributed by atoms with Crippen LogP contribution in [0.1, 0.15) is 25.8 Å². The summed E-state index contributed by atoms with van der Waals surface area (Å²) in [5, 5.41) is 0. The predicted octanol–water partition coefficient (Wildman–Crippen LogP) is 2.02.